The maximum Gasteiger partial charge on any atom is 0.197 e. The van der Waals surface area contributed by atoms with Gasteiger partial charge < -0.3 is 4.90 Å². The lowest BCUT2D eigenvalue weighted by Gasteiger charge is -2.34. The molecule has 0 N–H and O–H groups in total. The number of ketones is 2. The summed E-state index contributed by atoms with van der Waals surface area (Å²) in [4.78, 5) is 32.7. The summed E-state index contributed by atoms with van der Waals surface area (Å²) in [5.74, 6) is -0.494. The molecule has 4 nitrogen and oxygen atoms in total. The Morgan fingerprint density at radius 2 is 1.22 bits per heavy atom. The second-order valence-electron chi connectivity index (χ2n) is 10.3. The van der Waals surface area contributed by atoms with Crippen LogP contribution in [0.4, 0.5) is 17.1 Å². The van der Waals surface area contributed by atoms with Gasteiger partial charge >= 0.3 is 0 Å². The van der Waals surface area contributed by atoms with E-state index in [9.17, 15) is 9.59 Å². The number of anilines is 3. The SMILES string of the molecule is O=C1C(=Cc2ccc(-c3ccc4c5c(cccc35)-c3ccccc3N4c3ccccc3)cn2)C(=O)c2ccccc21. The maximum atomic E-state index is 12.8. The molecular formula is C37H22N2O2. The predicted octanol–water partition coefficient (Wildman–Crippen LogP) is 8.81. The van der Waals surface area contributed by atoms with Crippen LogP contribution in [0.15, 0.2) is 133 Å². The summed E-state index contributed by atoms with van der Waals surface area (Å²) in [5, 5.41) is 2.33. The van der Waals surface area contributed by atoms with Crippen molar-refractivity contribution in [3.05, 3.63) is 150 Å². The molecule has 0 radical (unpaired) electrons. The number of benzene rings is 5. The van der Waals surface area contributed by atoms with E-state index in [2.05, 4.69) is 88.7 Å². The molecule has 0 unspecified atom stereocenters. The third kappa shape index (κ3) is 3.51. The molecule has 2 heterocycles. The smallest absolute Gasteiger partial charge is 0.197 e. The number of hydrogen-bond donors (Lipinski definition) is 0. The van der Waals surface area contributed by atoms with Gasteiger partial charge in [0, 0.05) is 39.5 Å². The summed E-state index contributed by atoms with van der Waals surface area (Å²) >= 11 is 0. The Kier molecular flexibility index (Phi) is 5.09. The predicted molar refractivity (Wildman–Crippen MR) is 164 cm³/mol. The van der Waals surface area contributed by atoms with Crippen LogP contribution in [0.1, 0.15) is 26.4 Å². The lowest BCUT2D eigenvalue weighted by Crippen LogP contribution is -2.15. The average Bonchev–Trinajstić information content (AvgIpc) is 3.27. The number of pyridine rings is 1. The molecule has 1 aromatic heterocycles. The van der Waals surface area contributed by atoms with E-state index in [1.807, 2.05) is 24.4 Å². The van der Waals surface area contributed by atoms with Crippen molar-refractivity contribution < 1.29 is 9.59 Å². The van der Waals surface area contributed by atoms with Gasteiger partial charge in [0.1, 0.15) is 0 Å². The van der Waals surface area contributed by atoms with Gasteiger partial charge in [-0.3, -0.25) is 14.6 Å². The molecular weight excluding hydrogens is 504 g/mol. The number of carbonyl (C=O) groups is 2. The van der Waals surface area contributed by atoms with Gasteiger partial charge in [0.25, 0.3) is 0 Å². The first-order valence-electron chi connectivity index (χ1n) is 13.6. The molecule has 0 atom stereocenters. The number of Topliss-reactive ketones (excluding diaryl/α,β-unsaturated/α-hetero) is 2. The van der Waals surface area contributed by atoms with Crippen LogP contribution in [0.3, 0.4) is 0 Å². The fourth-order valence-corrected chi connectivity index (χ4v) is 6.13. The summed E-state index contributed by atoms with van der Waals surface area (Å²) in [6.07, 6.45) is 3.42. The topological polar surface area (TPSA) is 50.3 Å². The molecule has 41 heavy (non-hydrogen) atoms. The van der Waals surface area contributed by atoms with E-state index in [0.29, 0.717) is 16.8 Å². The number of para-hydroxylation sites is 2. The van der Waals surface area contributed by atoms with Crippen molar-refractivity contribution in [2.45, 2.75) is 0 Å². The van der Waals surface area contributed by atoms with Crippen LogP contribution in [-0.2, 0) is 0 Å². The summed E-state index contributed by atoms with van der Waals surface area (Å²) in [5.41, 5.74) is 9.48. The van der Waals surface area contributed by atoms with E-state index in [-0.39, 0.29) is 17.1 Å². The van der Waals surface area contributed by atoms with Crippen molar-refractivity contribution in [1.29, 1.82) is 0 Å². The molecule has 0 amide bonds. The molecule has 192 valence electrons. The Morgan fingerprint density at radius 1 is 0.537 bits per heavy atom. The molecule has 0 spiro atoms. The van der Waals surface area contributed by atoms with E-state index in [4.69, 9.17) is 0 Å². The highest BCUT2D eigenvalue weighted by Gasteiger charge is 2.32. The number of allylic oxidation sites excluding steroid dienone is 1. The minimum Gasteiger partial charge on any atom is -0.309 e. The van der Waals surface area contributed by atoms with Crippen LogP contribution in [0.2, 0.25) is 0 Å². The first-order valence-corrected chi connectivity index (χ1v) is 13.6. The largest absolute Gasteiger partial charge is 0.309 e. The van der Waals surface area contributed by atoms with Gasteiger partial charge in [-0.2, -0.15) is 0 Å². The van der Waals surface area contributed by atoms with Gasteiger partial charge in [-0.1, -0.05) is 91.0 Å². The van der Waals surface area contributed by atoms with Crippen molar-refractivity contribution >= 4 is 45.5 Å². The van der Waals surface area contributed by atoms with E-state index in [1.54, 1.807) is 30.3 Å². The Balaban J connectivity index is 1.24. The van der Waals surface area contributed by atoms with E-state index in [1.165, 1.54) is 16.5 Å². The Morgan fingerprint density at radius 3 is 1.95 bits per heavy atom. The van der Waals surface area contributed by atoms with Crippen LogP contribution in [0.25, 0.3) is 39.1 Å². The number of fused-ring (bicyclic) bond motifs is 3. The second-order valence-corrected chi connectivity index (χ2v) is 10.3. The summed E-state index contributed by atoms with van der Waals surface area (Å²) in [6.45, 7) is 0. The summed E-state index contributed by atoms with van der Waals surface area (Å²) in [7, 11) is 0. The zero-order valence-electron chi connectivity index (χ0n) is 21.9. The third-order valence-electron chi connectivity index (χ3n) is 8.00. The molecule has 4 heteroatoms. The van der Waals surface area contributed by atoms with Crippen LogP contribution in [0, 0.1) is 0 Å². The fourth-order valence-electron chi connectivity index (χ4n) is 6.13. The van der Waals surface area contributed by atoms with Gasteiger partial charge in [0.2, 0.25) is 0 Å². The van der Waals surface area contributed by atoms with E-state index < -0.39 is 0 Å². The highest BCUT2D eigenvalue weighted by Crippen LogP contribution is 2.52. The van der Waals surface area contributed by atoms with Gasteiger partial charge in [0.05, 0.1) is 22.6 Å². The van der Waals surface area contributed by atoms with E-state index >= 15 is 0 Å². The molecule has 0 saturated carbocycles. The molecule has 5 aromatic carbocycles. The number of carbonyl (C=O) groups excluding carboxylic acids is 2. The summed E-state index contributed by atoms with van der Waals surface area (Å²) < 4.78 is 0. The molecule has 6 aromatic rings. The lowest BCUT2D eigenvalue weighted by atomic mass is 9.88. The highest BCUT2D eigenvalue weighted by molar-refractivity contribution is 6.41. The van der Waals surface area contributed by atoms with Crippen molar-refractivity contribution in [2.24, 2.45) is 0 Å². The van der Waals surface area contributed by atoms with Crippen molar-refractivity contribution in [3.8, 4) is 22.3 Å². The first kappa shape index (κ1) is 23.3. The van der Waals surface area contributed by atoms with Gasteiger partial charge in [-0.15, -0.1) is 0 Å². The Hall–Kier alpha value is -5.61. The molecule has 1 aliphatic carbocycles. The number of aromatic nitrogens is 1. The standard InChI is InChI=1S/C37H22N2O2/c40-36-30-12-4-5-13-31(30)37(41)32(36)21-24-18-17-23(22-38-24)26-19-20-34-35-28(26)14-8-15-29(35)27-11-6-7-16-33(27)39(34)25-9-2-1-3-10-25/h1-22H. The van der Waals surface area contributed by atoms with Crippen molar-refractivity contribution in [1.82, 2.24) is 4.98 Å². The van der Waals surface area contributed by atoms with E-state index in [0.717, 1.165) is 33.6 Å². The highest BCUT2D eigenvalue weighted by atomic mass is 16.2. The first-order chi connectivity index (χ1) is 20.2. The molecule has 8 rings (SSSR count). The number of hydrogen-bond acceptors (Lipinski definition) is 4. The Bertz CT molecular complexity index is 2040. The van der Waals surface area contributed by atoms with Gasteiger partial charge in [-0.05, 0) is 52.9 Å². The Labute approximate surface area is 236 Å². The maximum absolute atomic E-state index is 12.8. The average molecular weight is 527 g/mol. The van der Waals surface area contributed by atoms with Gasteiger partial charge in [0.15, 0.2) is 11.6 Å². The molecule has 1 aliphatic heterocycles. The van der Waals surface area contributed by atoms with Crippen LogP contribution in [-0.4, -0.2) is 16.6 Å². The van der Waals surface area contributed by atoms with Crippen molar-refractivity contribution in [3.63, 3.8) is 0 Å². The lowest BCUT2D eigenvalue weighted by molar-refractivity contribution is 0.0990. The molecule has 2 aliphatic rings. The fraction of sp³-hybridized carbons (Fsp3) is 0. The second kappa shape index (κ2) is 8.97. The van der Waals surface area contributed by atoms with Crippen LogP contribution < -0.4 is 4.90 Å². The summed E-state index contributed by atoms with van der Waals surface area (Å²) in [6, 6.07) is 40.6. The minimum absolute atomic E-state index is 0.160. The third-order valence-corrected chi connectivity index (χ3v) is 8.00. The molecule has 0 saturated heterocycles. The van der Waals surface area contributed by atoms with Crippen LogP contribution in [0.5, 0.6) is 0 Å². The zero-order valence-corrected chi connectivity index (χ0v) is 21.9. The van der Waals surface area contributed by atoms with Crippen LogP contribution >= 0.6 is 0 Å². The monoisotopic (exact) mass is 526 g/mol. The van der Waals surface area contributed by atoms with Gasteiger partial charge in [-0.25, -0.2) is 0 Å². The quantitative estimate of drug-likeness (QED) is 0.170. The number of nitrogens with zero attached hydrogens (tertiary/aromatic N) is 2. The number of rotatable bonds is 3. The van der Waals surface area contributed by atoms with Crippen molar-refractivity contribution in [2.75, 3.05) is 4.90 Å². The minimum atomic E-state index is -0.247. The normalized spacial score (nSPS) is 13.4. The molecule has 0 fully saturated rings. The molecule has 0 bridgehead atoms. The zero-order chi connectivity index (χ0) is 27.5.